The summed E-state index contributed by atoms with van der Waals surface area (Å²) in [6.07, 6.45) is 0. The van der Waals surface area contributed by atoms with Crippen molar-refractivity contribution in [3.05, 3.63) is 0 Å². The maximum Gasteiger partial charge on any atom is 0.00106 e. The predicted molar refractivity (Wildman–Crippen MR) is 51.8 cm³/mol. The molecule has 0 heterocycles. The molecule has 0 unspecified atom stereocenters. The van der Waals surface area contributed by atoms with Crippen molar-refractivity contribution in [2.45, 2.75) is 47.6 Å². The summed E-state index contributed by atoms with van der Waals surface area (Å²) < 4.78 is 0. The van der Waals surface area contributed by atoms with Crippen LogP contribution >= 0.6 is 0 Å². The molecule has 0 saturated heterocycles. The molecule has 0 spiro atoms. The highest BCUT2D eigenvalue weighted by Crippen LogP contribution is 2.24. The molecule has 0 atom stereocenters. The lowest BCUT2D eigenvalue weighted by atomic mass is 9.81. The largest absolute Gasteiger partial charge is 0.314 e. The summed E-state index contributed by atoms with van der Waals surface area (Å²) >= 11 is 0. The van der Waals surface area contributed by atoms with Crippen LogP contribution in [0, 0.1) is 11.3 Å². The first-order valence-electron chi connectivity index (χ1n) is 4.59. The molecule has 0 rings (SSSR count). The van der Waals surface area contributed by atoms with E-state index in [9.17, 15) is 0 Å². The molecule has 68 valence electrons. The molecule has 1 heteroatoms. The van der Waals surface area contributed by atoms with Crippen LogP contribution in [0.25, 0.3) is 0 Å². The maximum absolute atomic E-state index is 3.47. The molecule has 0 aromatic rings. The Hall–Kier alpha value is -0.0400. The van der Waals surface area contributed by atoms with Crippen molar-refractivity contribution in [3.63, 3.8) is 0 Å². The van der Waals surface area contributed by atoms with Crippen molar-refractivity contribution >= 4 is 0 Å². The zero-order valence-corrected chi connectivity index (χ0v) is 8.86. The smallest absolute Gasteiger partial charge is 0.00106 e. The van der Waals surface area contributed by atoms with Gasteiger partial charge >= 0.3 is 0 Å². The monoisotopic (exact) mass is 157 g/mol. The van der Waals surface area contributed by atoms with Gasteiger partial charge in [0.25, 0.3) is 0 Å². The molecule has 0 bridgehead atoms. The second kappa shape index (κ2) is 4.10. The first kappa shape index (κ1) is 11.0. The fraction of sp³-hybridized carbons (Fsp3) is 1.00. The van der Waals surface area contributed by atoms with Gasteiger partial charge in [-0.15, -0.1) is 0 Å². The average Bonchev–Trinajstić information content (AvgIpc) is 1.84. The molecular weight excluding hydrogens is 134 g/mol. The summed E-state index contributed by atoms with van der Waals surface area (Å²) in [7, 11) is 0. The zero-order chi connectivity index (χ0) is 9.07. The van der Waals surface area contributed by atoms with Gasteiger partial charge in [-0.1, -0.05) is 41.5 Å². The van der Waals surface area contributed by atoms with Crippen LogP contribution in [0.4, 0.5) is 0 Å². The Morgan fingerprint density at radius 2 is 1.55 bits per heavy atom. The normalized spacial score (nSPS) is 13.1. The molecule has 11 heavy (non-hydrogen) atoms. The van der Waals surface area contributed by atoms with E-state index < -0.39 is 0 Å². The van der Waals surface area contributed by atoms with Crippen LogP contribution in [-0.2, 0) is 0 Å². The third-order valence-corrected chi connectivity index (χ3v) is 2.53. The lowest BCUT2D eigenvalue weighted by molar-refractivity contribution is 0.232. The molecular formula is C10H23N. The third kappa shape index (κ3) is 4.41. The Kier molecular flexibility index (Phi) is 4.09. The topological polar surface area (TPSA) is 12.0 Å². The standard InChI is InChI=1S/C10H23N/c1-8(2)10(5,6)7-11-9(3)4/h8-9,11H,7H2,1-6H3. The summed E-state index contributed by atoms with van der Waals surface area (Å²) in [4.78, 5) is 0. The van der Waals surface area contributed by atoms with Gasteiger partial charge in [-0.3, -0.25) is 0 Å². The minimum absolute atomic E-state index is 0.421. The van der Waals surface area contributed by atoms with Crippen LogP contribution in [0.5, 0.6) is 0 Å². The summed E-state index contributed by atoms with van der Waals surface area (Å²) in [5.74, 6) is 0.744. The Labute approximate surface area is 71.6 Å². The van der Waals surface area contributed by atoms with Crippen LogP contribution in [-0.4, -0.2) is 12.6 Å². The number of rotatable bonds is 4. The van der Waals surface area contributed by atoms with Crippen molar-refractivity contribution in [2.24, 2.45) is 11.3 Å². The van der Waals surface area contributed by atoms with Crippen molar-refractivity contribution in [2.75, 3.05) is 6.54 Å². The van der Waals surface area contributed by atoms with E-state index in [1.54, 1.807) is 0 Å². The Balaban J connectivity index is 3.73. The van der Waals surface area contributed by atoms with Gasteiger partial charge in [0.2, 0.25) is 0 Å². The first-order valence-corrected chi connectivity index (χ1v) is 4.59. The van der Waals surface area contributed by atoms with Crippen molar-refractivity contribution in [1.29, 1.82) is 0 Å². The molecule has 0 radical (unpaired) electrons. The SMILES string of the molecule is CC(C)NCC(C)(C)C(C)C. The summed E-state index contributed by atoms with van der Waals surface area (Å²) in [6, 6.07) is 0.605. The Morgan fingerprint density at radius 3 is 1.82 bits per heavy atom. The second-order valence-electron chi connectivity index (χ2n) is 4.68. The molecule has 0 aliphatic heterocycles. The first-order chi connectivity index (χ1) is 4.86. The van der Waals surface area contributed by atoms with Crippen LogP contribution in [0.15, 0.2) is 0 Å². The summed E-state index contributed by atoms with van der Waals surface area (Å²) in [5.41, 5.74) is 0.421. The van der Waals surface area contributed by atoms with Crippen molar-refractivity contribution in [3.8, 4) is 0 Å². The predicted octanol–water partition coefficient (Wildman–Crippen LogP) is 2.67. The van der Waals surface area contributed by atoms with E-state index in [0.717, 1.165) is 12.5 Å². The van der Waals surface area contributed by atoms with E-state index in [1.807, 2.05) is 0 Å². The lowest BCUT2D eigenvalue weighted by Gasteiger charge is -2.30. The highest BCUT2D eigenvalue weighted by atomic mass is 14.9. The van der Waals surface area contributed by atoms with Gasteiger partial charge in [-0.05, 0) is 11.3 Å². The molecule has 0 fully saturated rings. The van der Waals surface area contributed by atoms with Gasteiger partial charge in [-0.25, -0.2) is 0 Å². The number of hydrogen-bond acceptors (Lipinski definition) is 1. The highest BCUT2D eigenvalue weighted by Gasteiger charge is 2.21. The van der Waals surface area contributed by atoms with Crippen LogP contribution in [0.3, 0.4) is 0 Å². The molecule has 1 N–H and O–H groups in total. The molecule has 1 nitrogen and oxygen atoms in total. The van der Waals surface area contributed by atoms with Gasteiger partial charge in [0, 0.05) is 12.6 Å². The molecule has 0 amide bonds. The van der Waals surface area contributed by atoms with Crippen LogP contribution in [0.1, 0.15) is 41.5 Å². The molecule has 0 saturated carbocycles. The van der Waals surface area contributed by atoms with E-state index in [2.05, 4.69) is 46.9 Å². The second-order valence-corrected chi connectivity index (χ2v) is 4.68. The van der Waals surface area contributed by atoms with Crippen molar-refractivity contribution < 1.29 is 0 Å². The van der Waals surface area contributed by atoms with Gasteiger partial charge in [0.1, 0.15) is 0 Å². The van der Waals surface area contributed by atoms with Gasteiger partial charge in [0.15, 0.2) is 0 Å². The fourth-order valence-corrected chi connectivity index (χ4v) is 0.671. The van der Waals surface area contributed by atoms with E-state index in [4.69, 9.17) is 0 Å². The van der Waals surface area contributed by atoms with E-state index in [0.29, 0.717) is 11.5 Å². The minimum atomic E-state index is 0.421. The van der Waals surface area contributed by atoms with E-state index >= 15 is 0 Å². The highest BCUT2D eigenvalue weighted by molar-refractivity contribution is 4.75. The average molecular weight is 157 g/mol. The lowest BCUT2D eigenvalue weighted by Crippen LogP contribution is -2.36. The number of nitrogens with one attached hydrogen (secondary N) is 1. The molecule has 0 aliphatic carbocycles. The zero-order valence-electron chi connectivity index (χ0n) is 8.86. The third-order valence-electron chi connectivity index (χ3n) is 2.53. The number of hydrogen-bond donors (Lipinski definition) is 1. The van der Waals surface area contributed by atoms with Crippen molar-refractivity contribution in [1.82, 2.24) is 5.32 Å². The Bertz CT molecular complexity index is 103. The summed E-state index contributed by atoms with van der Waals surface area (Å²) in [6.45, 7) is 14.7. The van der Waals surface area contributed by atoms with E-state index in [1.165, 1.54) is 0 Å². The molecule has 0 aromatic carbocycles. The van der Waals surface area contributed by atoms with Gasteiger partial charge in [0.05, 0.1) is 0 Å². The van der Waals surface area contributed by atoms with E-state index in [-0.39, 0.29) is 0 Å². The van der Waals surface area contributed by atoms with Gasteiger partial charge < -0.3 is 5.32 Å². The van der Waals surface area contributed by atoms with Gasteiger partial charge in [-0.2, -0.15) is 0 Å². The maximum atomic E-state index is 3.47. The summed E-state index contributed by atoms with van der Waals surface area (Å²) in [5, 5.41) is 3.47. The quantitative estimate of drug-likeness (QED) is 0.661. The molecule has 0 aliphatic rings. The van der Waals surface area contributed by atoms with Crippen LogP contribution < -0.4 is 5.32 Å². The minimum Gasteiger partial charge on any atom is -0.314 e. The fourth-order valence-electron chi connectivity index (χ4n) is 0.671. The molecule has 0 aromatic heterocycles. The van der Waals surface area contributed by atoms with Crippen LogP contribution in [0.2, 0.25) is 0 Å². The Morgan fingerprint density at radius 1 is 1.09 bits per heavy atom.